The van der Waals surface area contributed by atoms with Crippen LogP contribution in [0.2, 0.25) is 5.02 Å². The summed E-state index contributed by atoms with van der Waals surface area (Å²) in [7, 11) is 0. The van der Waals surface area contributed by atoms with Crippen LogP contribution in [0.4, 0.5) is 5.69 Å². The van der Waals surface area contributed by atoms with E-state index in [1.807, 2.05) is 36.4 Å². The Morgan fingerprint density at radius 3 is 2.31 bits per heavy atom. The summed E-state index contributed by atoms with van der Waals surface area (Å²) < 4.78 is 0. The zero-order chi connectivity index (χ0) is 24.2. The summed E-state index contributed by atoms with van der Waals surface area (Å²) >= 11 is 6.30. The van der Waals surface area contributed by atoms with E-state index >= 15 is 0 Å². The van der Waals surface area contributed by atoms with Crippen molar-refractivity contribution >= 4 is 44.7 Å². The minimum Gasteiger partial charge on any atom is -0.369 e. The van der Waals surface area contributed by atoms with Gasteiger partial charge < -0.3 is 10.2 Å². The molecule has 0 bridgehead atoms. The zero-order valence-electron chi connectivity index (χ0n) is 20.3. The van der Waals surface area contributed by atoms with Crippen molar-refractivity contribution in [2.75, 3.05) is 44.2 Å². The minimum atomic E-state index is 0.00515. The van der Waals surface area contributed by atoms with E-state index in [1.54, 1.807) is 0 Å². The fourth-order valence-electron chi connectivity index (χ4n) is 5.00. The number of rotatable bonds is 7. The number of amides is 1. The Morgan fingerprint density at radius 2 is 1.54 bits per heavy atom. The Bertz CT molecular complexity index is 1340. The summed E-state index contributed by atoms with van der Waals surface area (Å²) in [6, 6.07) is 24.8. The van der Waals surface area contributed by atoms with Crippen LogP contribution in [-0.2, 0) is 0 Å². The zero-order valence-corrected chi connectivity index (χ0v) is 21.0. The van der Waals surface area contributed by atoms with Gasteiger partial charge in [0, 0.05) is 49.0 Å². The Morgan fingerprint density at radius 1 is 0.829 bits per heavy atom. The molecule has 4 aromatic rings. The number of nitrogens with zero attached hydrogens (tertiary/aromatic N) is 2. The number of unbranched alkanes of at least 4 members (excludes halogenated alkanes) is 1. The highest BCUT2D eigenvalue weighted by Gasteiger charge is 2.18. The molecule has 0 saturated carbocycles. The fraction of sp³-hybridized carbons (Fsp3) is 0.300. The van der Waals surface area contributed by atoms with Crippen LogP contribution < -0.4 is 10.2 Å². The molecular formula is C30H32ClN3O. The molecule has 0 aliphatic carbocycles. The average Bonchev–Trinajstić information content (AvgIpc) is 2.89. The summed E-state index contributed by atoms with van der Waals surface area (Å²) in [6.07, 6.45) is 2.07. The van der Waals surface area contributed by atoms with Gasteiger partial charge in [0.2, 0.25) is 0 Å². The normalized spacial score (nSPS) is 14.5. The van der Waals surface area contributed by atoms with Crippen LogP contribution in [0.25, 0.3) is 21.5 Å². The van der Waals surface area contributed by atoms with E-state index < -0.39 is 0 Å². The molecule has 0 aromatic heterocycles. The summed E-state index contributed by atoms with van der Waals surface area (Å²) in [5.41, 5.74) is 3.14. The molecule has 0 spiro atoms. The Hall–Kier alpha value is -3.08. The molecule has 35 heavy (non-hydrogen) atoms. The molecule has 4 nitrogen and oxygen atoms in total. The Kier molecular flexibility index (Phi) is 7.21. The van der Waals surface area contributed by atoms with Crippen molar-refractivity contribution in [1.82, 2.24) is 10.2 Å². The molecule has 0 radical (unpaired) electrons. The first kappa shape index (κ1) is 23.7. The van der Waals surface area contributed by atoms with Crippen LogP contribution >= 0.6 is 11.6 Å². The lowest BCUT2D eigenvalue weighted by Crippen LogP contribution is -2.46. The fourth-order valence-corrected chi connectivity index (χ4v) is 5.17. The molecule has 4 aromatic carbocycles. The van der Waals surface area contributed by atoms with Crippen molar-refractivity contribution in [3.05, 3.63) is 88.9 Å². The van der Waals surface area contributed by atoms with Crippen molar-refractivity contribution in [3.8, 4) is 0 Å². The van der Waals surface area contributed by atoms with Gasteiger partial charge in [0.15, 0.2) is 0 Å². The molecule has 1 aliphatic rings. The number of carbonyl (C=O) groups is 1. The second-order valence-corrected chi connectivity index (χ2v) is 9.84. The van der Waals surface area contributed by atoms with E-state index in [4.69, 9.17) is 11.6 Å². The number of fused-ring (bicyclic) bond motifs is 2. The van der Waals surface area contributed by atoms with Gasteiger partial charge in [-0.2, -0.15) is 0 Å². The second-order valence-electron chi connectivity index (χ2n) is 9.44. The maximum atomic E-state index is 12.7. The quantitative estimate of drug-likeness (QED) is 0.247. The molecule has 5 heteroatoms. The van der Waals surface area contributed by atoms with Gasteiger partial charge in [0.25, 0.3) is 5.91 Å². The molecule has 0 atom stereocenters. The number of anilines is 1. The molecular weight excluding hydrogens is 454 g/mol. The van der Waals surface area contributed by atoms with Crippen LogP contribution in [0.1, 0.15) is 28.8 Å². The smallest absolute Gasteiger partial charge is 0.251 e. The van der Waals surface area contributed by atoms with Crippen LogP contribution in [-0.4, -0.2) is 50.1 Å². The standard InChI is InChI=1S/C30H32ClN3O/c1-22-28(31)9-6-10-29(22)34-17-15-33(16-18-34)14-5-4-13-32-30(35)26-12-11-25-19-23-7-2-3-8-24(23)20-27(25)21-26/h2-3,6-12,19-21H,4-5,13-18H2,1H3,(H,32,35). The van der Waals surface area contributed by atoms with E-state index in [2.05, 4.69) is 58.4 Å². The summed E-state index contributed by atoms with van der Waals surface area (Å²) in [6.45, 7) is 8.04. The van der Waals surface area contributed by atoms with Crippen LogP contribution in [0, 0.1) is 6.92 Å². The van der Waals surface area contributed by atoms with Crippen molar-refractivity contribution in [2.45, 2.75) is 19.8 Å². The molecule has 1 aliphatic heterocycles. The summed E-state index contributed by atoms with van der Waals surface area (Å²) in [4.78, 5) is 17.7. The number of halogens is 1. The molecule has 1 N–H and O–H groups in total. The highest BCUT2D eigenvalue weighted by molar-refractivity contribution is 6.31. The van der Waals surface area contributed by atoms with Crippen LogP contribution in [0.5, 0.6) is 0 Å². The highest BCUT2D eigenvalue weighted by atomic mass is 35.5. The van der Waals surface area contributed by atoms with Crippen molar-refractivity contribution in [2.24, 2.45) is 0 Å². The van der Waals surface area contributed by atoms with Crippen molar-refractivity contribution in [1.29, 1.82) is 0 Å². The maximum absolute atomic E-state index is 12.7. The number of benzene rings is 4. The lowest BCUT2D eigenvalue weighted by atomic mass is 10.0. The van der Waals surface area contributed by atoms with Crippen molar-refractivity contribution < 1.29 is 4.79 Å². The monoisotopic (exact) mass is 485 g/mol. The molecule has 5 rings (SSSR count). The third kappa shape index (κ3) is 5.44. The molecule has 1 fully saturated rings. The van der Waals surface area contributed by atoms with E-state index in [0.717, 1.165) is 72.5 Å². The summed E-state index contributed by atoms with van der Waals surface area (Å²) in [5.74, 6) is 0.00515. The number of carbonyl (C=O) groups excluding carboxylic acids is 1. The van der Waals surface area contributed by atoms with E-state index in [0.29, 0.717) is 6.54 Å². The first-order valence-corrected chi connectivity index (χ1v) is 12.9. The van der Waals surface area contributed by atoms with Crippen molar-refractivity contribution in [3.63, 3.8) is 0 Å². The minimum absolute atomic E-state index is 0.00515. The average molecular weight is 486 g/mol. The topological polar surface area (TPSA) is 35.6 Å². The van der Waals surface area contributed by atoms with Gasteiger partial charge in [-0.1, -0.05) is 48.0 Å². The molecule has 1 amide bonds. The van der Waals surface area contributed by atoms with E-state index in [-0.39, 0.29) is 5.91 Å². The lowest BCUT2D eigenvalue weighted by molar-refractivity contribution is 0.0952. The lowest BCUT2D eigenvalue weighted by Gasteiger charge is -2.37. The van der Waals surface area contributed by atoms with Gasteiger partial charge >= 0.3 is 0 Å². The number of nitrogens with one attached hydrogen (secondary N) is 1. The Labute approximate surface area is 212 Å². The first-order chi connectivity index (χ1) is 17.1. The largest absolute Gasteiger partial charge is 0.369 e. The van der Waals surface area contributed by atoms with Gasteiger partial charge in [-0.15, -0.1) is 0 Å². The second kappa shape index (κ2) is 10.7. The molecule has 1 saturated heterocycles. The maximum Gasteiger partial charge on any atom is 0.251 e. The van der Waals surface area contributed by atoms with Crippen LogP contribution in [0.15, 0.2) is 72.8 Å². The third-order valence-corrected chi connectivity index (χ3v) is 7.52. The SMILES string of the molecule is Cc1c(Cl)cccc1N1CCN(CCCCNC(=O)c2ccc3cc4ccccc4cc3c2)CC1. The molecule has 180 valence electrons. The van der Waals surface area contributed by atoms with E-state index in [1.165, 1.54) is 16.5 Å². The van der Waals surface area contributed by atoms with Crippen LogP contribution in [0.3, 0.4) is 0 Å². The van der Waals surface area contributed by atoms with Gasteiger partial charge in [0.05, 0.1) is 0 Å². The van der Waals surface area contributed by atoms with Gasteiger partial charge in [0.1, 0.15) is 0 Å². The molecule has 1 heterocycles. The predicted octanol–water partition coefficient (Wildman–Crippen LogP) is 6.29. The number of piperazine rings is 1. The highest BCUT2D eigenvalue weighted by Crippen LogP contribution is 2.27. The summed E-state index contributed by atoms with van der Waals surface area (Å²) in [5, 5.41) is 8.61. The molecule has 0 unspecified atom stereocenters. The van der Waals surface area contributed by atoms with E-state index in [9.17, 15) is 4.79 Å². The third-order valence-electron chi connectivity index (χ3n) is 7.11. The van der Waals surface area contributed by atoms with Gasteiger partial charge in [-0.3, -0.25) is 9.69 Å². The number of hydrogen-bond donors (Lipinski definition) is 1. The number of hydrogen-bond acceptors (Lipinski definition) is 3. The van der Waals surface area contributed by atoms with Gasteiger partial charge in [-0.05, 0) is 89.8 Å². The predicted molar refractivity (Wildman–Crippen MR) is 148 cm³/mol. The Balaban J connectivity index is 1.06. The van der Waals surface area contributed by atoms with Gasteiger partial charge in [-0.25, -0.2) is 0 Å². The first-order valence-electron chi connectivity index (χ1n) is 12.5.